The summed E-state index contributed by atoms with van der Waals surface area (Å²) in [7, 11) is 0. The van der Waals surface area contributed by atoms with Crippen molar-refractivity contribution in [3.8, 4) is 0 Å². The van der Waals surface area contributed by atoms with Crippen molar-refractivity contribution >= 4 is 47.8 Å². The normalized spacial score (nSPS) is 16.1. The molecule has 0 saturated carbocycles. The topological polar surface area (TPSA) is 80.0 Å². The Morgan fingerprint density at radius 3 is 2.68 bits per heavy atom. The highest BCUT2D eigenvalue weighted by atomic mass is 127. The van der Waals surface area contributed by atoms with E-state index < -0.39 is 0 Å². The van der Waals surface area contributed by atoms with Gasteiger partial charge in [-0.2, -0.15) is 11.8 Å². The van der Waals surface area contributed by atoms with Gasteiger partial charge >= 0.3 is 6.09 Å². The first-order chi connectivity index (χ1) is 10.2. The van der Waals surface area contributed by atoms with Crippen LogP contribution in [0.3, 0.4) is 0 Å². The van der Waals surface area contributed by atoms with Crippen LogP contribution in [0, 0.1) is 0 Å². The number of likely N-dealkylation sites (tertiary alicyclic amines) is 1. The number of ether oxygens (including phenoxy) is 1. The Morgan fingerprint density at radius 2 is 2.09 bits per heavy atom. The molecule has 1 aliphatic rings. The fraction of sp³-hybridized carbons (Fsp3) is 0.857. The number of nitrogens with zero attached hydrogens (tertiary/aromatic N) is 2. The minimum absolute atomic E-state index is 0. The molecule has 6 nitrogen and oxygen atoms in total. The lowest BCUT2D eigenvalue weighted by atomic mass is 10.1. The van der Waals surface area contributed by atoms with E-state index in [1.54, 1.807) is 4.90 Å². The molecule has 0 atom stereocenters. The highest BCUT2D eigenvalue weighted by Crippen LogP contribution is 2.11. The molecule has 22 heavy (non-hydrogen) atoms. The van der Waals surface area contributed by atoms with Crippen LogP contribution in [0.25, 0.3) is 0 Å². The van der Waals surface area contributed by atoms with Gasteiger partial charge in [-0.1, -0.05) is 0 Å². The van der Waals surface area contributed by atoms with Gasteiger partial charge in [0.25, 0.3) is 0 Å². The van der Waals surface area contributed by atoms with Gasteiger partial charge in [0.05, 0.1) is 6.61 Å². The number of aliphatic imine (C=N–C) groups is 1. The van der Waals surface area contributed by atoms with Crippen molar-refractivity contribution < 1.29 is 9.53 Å². The summed E-state index contributed by atoms with van der Waals surface area (Å²) in [6, 6.07) is 0.297. The lowest BCUT2D eigenvalue weighted by Gasteiger charge is -2.31. The molecule has 0 spiro atoms. The van der Waals surface area contributed by atoms with Crippen LogP contribution in [0.5, 0.6) is 0 Å². The molecule has 0 unspecified atom stereocenters. The van der Waals surface area contributed by atoms with E-state index in [-0.39, 0.29) is 30.1 Å². The van der Waals surface area contributed by atoms with Gasteiger partial charge in [-0.25, -0.2) is 4.79 Å². The number of guanidine groups is 1. The number of carbonyl (C=O) groups is 1. The van der Waals surface area contributed by atoms with E-state index in [1.807, 2.05) is 18.7 Å². The third-order valence-corrected chi connectivity index (χ3v) is 4.11. The van der Waals surface area contributed by atoms with Gasteiger partial charge in [-0.3, -0.25) is 4.99 Å². The van der Waals surface area contributed by atoms with Crippen LogP contribution in [0.2, 0.25) is 0 Å². The number of halogens is 1. The van der Waals surface area contributed by atoms with E-state index in [0.29, 0.717) is 31.7 Å². The van der Waals surface area contributed by atoms with Gasteiger partial charge in [-0.05, 0) is 44.6 Å². The zero-order valence-corrected chi connectivity index (χ0v) is 16.7. The fourth-order valence-corrected chi connectivity index (χ4v) is 2.73. The van der Waals surface area contributed by atoms with Gasteiger partial charge in [0.15, 0.2) is 5.96 Å². The number of amides is 1. The smallest absolute Gasteiger partial charge is 0.409 e. The summed E-state index contributed by atoms with van der Waals surface area (Å²) in [6.07, 6.45) is 5.90. The van der Waals surface area contributed by atoms with Crippen LogP contribution in [-0.4, -0.2) is 61.2 Å². The molecule has 1 aliphatic heterocycles. The number of piperidine rings is 1. The highest BCUT2D eigenvalue weighted by Gasteiger charge is 2.23. The fourth-order valence-electron chi connectivity index (χ4n) is 2.23. The highest BCUT2D eigenvalue weighted by molar-refractivity contribution is 14.0. The lowest BCUT2D eigenvalue weighted by Crippen LogP contribution is -2.48. The number of unbranched alkanes of at least 4 members (excludes halogenated alkanes) is 1. The largest absolute Gasteiger partial charge is 0.450 e. The van der Waals surface area contributed by atoms with Crippen LogP contribution in [0.15, 0.2) is 4.99 Å². The molecule has 1 heterocycles. The molecule has 8 heteroatoms. The Balaban J connectivity index is 0.00000441. The van der Waals surface area contributed by atoms with Crippen molar-refractivity contribution in [3.05, 3.63) is 0 Å². The van der Waals surface area contributed by atoms with Gasteiger partial charge in [0.2, 0.25) is 0 Å². The summed E-state index contributed by atoms with van der Waals surface area (Å²) in [5.74, 6) is 1.70. The lowest BCUT2D eigenvalue weighted by molar-refractivity contribution is 0.0963. The Labute approximate surface area is 155 Å². The van der Waals surface area contributed by atoms with Gasteiger partial charge in [0.1, 0.15) is 0 Å². The summed E-state index contributed by atoms with van der Waals surface area (Å²) in [5.41, 5.74) is 5.89. The zero-order chi connectivity index (χ0) is 15.5. The number of nitrogens with one attached hydrogen (secondary N) is 1. The van der Waals surface area contributed by atoms with Gasteiger partial charge < -0.3 is 20.7 Å². The number of nitrogens with two attached hydrogens (primary N) is 1. The van der Waals surface area contributed by atoms with Crippen LogP contribution in [0.4, 0.5) is 4.79 Å². The molecule has 0 aliphatic carbocycles. The van der Waals surface area contributed by atoms with Crippen LogP contribution in [-0.2, 0) is 4.74 Å². The van der Waals surface area contributed by atoms with E-state index in [2.05, 4.69) is 16.6 Å². The summed E-state index contributed by atoms with van der Waals surface area (Å²) in [4.78, 5) is 17.7. The number of thioether (sulfide) groups is 1. The summed E-state index contributed by atoms with van der Waals surface area (Å²) in [6.45, 7) is 4.44. The summed E-state index contributed by atoms with van der Waals surface area (Å²) in [5, 5.41) is 3.24. The number of carbonyl (C=O) groups excluding carboxylic acids is 1. The SMILES string of the molecule is CCOC(=O)N1CCC(NC(N)=NCCCCSC)CC1.I. The molecule has 1 amide bonds. The molecular formula is C14H29IN4O2S. The summed E-state index contributed by atoms with van der Waals surface area (Å²) >= 11 is 1.86. The van der Waals surface area contributed by atoms with Crippen LogP contribution < -0.4 is 11.1 Å². The zero-order valence-electron chi connectivity index (χ0n) is 13.5. The molecule has 1 saturated heterocycles. The van der Waals surface area contributed by atoms with E-state index in [4.69, 9.17) is 10.5 Å². The molecule has 1 rings (SSSR count). The van der Waals surface area contributed by atoms with Crippen molar-refractivity contribution in [2.45, 2.75) is 38.6 Å². The molecular weight excluding hydrogens is 415 g/mol. The average molecular weight is 444 g/mol. The Hall–Kier alpha value is -0.380. The maximum atomic E-state index is 11.6. The standard InChI is InChI=1S/C14H28N4O2S.HI/c1-3-20-14(19)18-9-6-12(7-10-18)17-13(15)16-8-4-5-11-21-2;/h12H,3-11H2,1-2H3,(H3,15,16,17);1H. The second kappa shape index (κ2) is 13.1. The molecule has 0 bridgehead atoms. The Bertz CT molecular complexity index is 337. The first-order valence-corrected chi connectivity index (χ1v) is 9.03. The predicted octanol–water partition coefficient (Wildman–Crippen LogP) is 2.27. The maximum absolute atomic E-state index is 11.6. The maximum Gasteiger partial charge on any atom is 0.409 e. The average Bonchev–Trinajstić information content (AvgIpc) is 2.48. The van der Waals surface area contributed by atoms with E-state index in [9.17, 15) is 4.79 Å². The minimum atomic E-state index is -0.216. The number of rotatable bonds is 7. The predicted molar refractivity (Wildman–Crippen MR) is 104 cm³/mol. The van der Waals surface area contributed by atoms with Crippen molar-refractivity contribution in [3.63, 3.8) is 0 Å². The van der Waals surface area contributed by atoms with E-state index in [1.165, 1.54) is 12.2 Å². The van der Waals surface area contributed by atoms with Crippen LogP contribution >= 0.6 is 35.7 Å². The van der Waals surface area contributed by atoms with Crippen molar-refractivity contribution in [2.75, 3.05) is 38.2 Å². The van der Waals surface area contributed by atoms with Gasteiger partial charge in [-0.15, -0.1) is 24.0 Å². The second-order valence-corrected chi connectivity index (χ2v) is 6.06. The molecule has 0 aromatic heterocycles. The molecule has 130 valence electrons. The number of hydrogen-bond donors (Lipinski definition) is 2. The molecule has 3 N–H and O–H groups in total. The molecule has 1 fully saturated rings. The second-order valence-electron chi connectivity index (χ2n) is 5.07. The Kier molecular flexibility index (Phi) is 12.9. The number of hydrogen-bond acceptors (Lipinski definition) is 4. The monoisotopic (exact) mass is 444 g/mol. The van der Waals surface area contributed by atoms with Crippen molar-refractivity contribution in [2.24, 2.45) is 10.7 Å². The van der Waals surface area contributed by atoms with E-state index in [0.717, 1.165) is 25.8 Å². The molecule has 0 aromatic carbocycles. The first kappa shape index (κ1) is 21.6. The first-order valence-electron chi connectivity index (χ1n) is 7.64. The van der Waals surface area contributed by atoms with E-state index >= 15 is 0 Å². The minimum Gasteiger partial charge on any atom is -0.450 e. The quantitative estimate of drug-likeness (QED) is 0.273. The molecule has 0 aromatic rings. The third kappa shape index (κ3) is 8.92. The van der Waals surface area contributed by atoms with Crippen molar-refractivity contribution in [1.82, 2.24) is 10.2 Å². The Morgan fingerprint density at radius 1 is 1.41 bits per heavy atom. The van der Waals surface area contributed by atoms with Gasteiger partial charge in [0, 0.05) is 25.7 Å². The third-order valence-electron chi connectivity index (χ3n) is 3.41. The molecule has 0 radical (unpaired) electrons. The summed E-state index contributed by atoms with van der Waals surface area (Å²) < 4.78 is 5.00. The van der Waals surface area contributed by atoms with Crippen molar-refractivity contribution in [1.29, 1.82) is 0 Å². The van der Waals surface area contributed by atoms with Crippen LogP contribution in [0.1, 0.15) is 32.6 Å².